The van der Waals surface area contributed by atoms with Gasteiger partial charge in [0.2, 0.25) is 0 Å². The van der Waals surface area contributed by atoms with E-state index in [0.717, 1.165) is 0 Å². The Balaban J connectivity index is 1.88. The van der Waals surface area contributed by atoms with E-state index < -0.39 is 0 Å². The maximum Gasteiger partial charge on any atom is 0.273 e. The van der Waals surface area contributed by atoms with E-state index >= 15 is 0 Å². The highest BCUT2D eigenvalue weighted by molar-refractivity contribution is 7.13. The second-order valence-electron chi connectivity index (χ2n) is 5.84. The van der Waals surface area contributed by atoms with Gasteiger partial charge in [0.1, 0.15) is 16.5 Å². The fourth-order valence-corrected chi connectivity index (χ4v) is 3.32. The Morgan fingerprint density at radius 1 is 1.41 bits per heavy atom. The predicted molar refractivity (Wildman–Crippen MR) is 83.4 cm³/mol. The predicted octanol–water partition coefficient (Wildman–Crippen LogP) is 3.20. The minimum atomic E-state index is -0.364. The number of carbonyl (C=O) groups is 1. The number of carbonyl (C=O) groups excluding carboxylic acids is 1. The molecule has 2 heterocycles. The van der Waals surface area contributed by atoms with Crippen molar-refractivity contribution < 1.29 is 13.9 Å². The van der Waals surface area contributed by atoms with Gasteiger partial charge in [0.25, 0.3) is 5.91 Å². The molecule has 0 N–H and O–H groups in total. The molecule has 1 saturated heterocycles. The molecule has 1 aliphatic heterocycles. The van der Waals surface area contributed by atoms with Gasteiger partial charge < -0.3 is 9.64 Å². The standard InChI is InChI=1S/C16H17FN2O2S/c1-16(2)10-21-8-7-19(16)15(20)13-9-22-14(18-13)11-5-3-4-6-12(11)17/h3-6,9H,7-8,10H2,1-2H3. The van der Waals surface area contributed by atoms with Gasteiger partial charge in [-0.3, -0.25) is 4.79 Å². The average Bonchev–Trinajstić information content (AvgIpc) is 2.96. The lowest BCUT2D eigenvalue weighted by Crippen LogP contribution is -2.55. The van der Waals surface area contributed by atoms with Gasteiger partial charge in [-0.25, -0.2) is 9.37 Å². The lowest BCUT2D eigenvalue weighted by atomic mass is 10.0. The number of morpholine rings is 1. The van der Waals surface area contributed by atoms with Crippen LogP contribution in [0.2, 0.25) is 0 Å². The molecule has 0 spiro atoms. The van der Waals surface area contributed by atoms with Gasteiger partial charge in [-0.15, -0.1) is 11.3 Å². The quantitative estimate of drug-likeness (QED) is 0.853. The molecule has 2 aromatic rings. The minimum Gasteiger partial charge on any atom is -0.377 e. The van der Waals surface area contributed by atoms with Crippen molar-refractivity contribution >= 4 is 17.2 Å². The van der Waals surface area contributed by atoms with E-state index in [9.17, 15) is 9.18 Å². The van der Waals surface area contributed by atoms with Gasteiger partial charge in [0, 0.05) is 17.5 Å². The van der Waals surface area contributed by atoms with E-state index in [0.29, 0.717) is 36.0 Å². The van der Waals surface area contributed by atoms with E-state index in [4.69, 9.17) is 4.74 Å². The molecule has 1 amide bonds. The normalized spacial score (nSPS) is 17.5. The molecule has 0 radical (unpaired) electrons. The third-order valence-corrected chi connectivity index (χ3v) is 4.59. The maximum absolute atomic E-state index is 13.8. The molecule has 0 unspecified atom stereocenters. The number of thiazole rings is 1. The molecule has 1 fully saturated rings. The van der Waals surface area contributed by atoms with Crippen LogP contribution < -0.4 is 0 Å². The molecule has 1 aromatic carbocycles. The van der Waals surface area contributed by atoms with Crippen molar-refractivity contribution in [3.8, 4) is 10.6 Å². The maximum atomic E-state index is 13.8. The lowest BCUT2D eigenvalue weighted by molar-refractivity contribution is -0.0372. The Morgan fingerprint density at radius 3 is 2.91 bits per heavy atom. The molecule has 4 nitrogen and oxygen atoms in total. The van der Waals surface area contributed by atoms with Crippen LogP contribution in [0.15, 0.2) is 29.6 Å². The van der Waals surface area contributed by atoms with Crippen molar-refractivity contribution in [1.82, 2.24) is 9.88 Å². The van der Waals surface area contributed by atoms with E-state index in [-0.39, 0.29) is 17.3 Å². The summed E-state index contributed by atoms with van der Waals surface area (Å²) in [4.78, 5) is 18.8. The van der Waals surface area contributed by atoms with Crippen molar-refractivity contribution in [2.75, 3.05) is 19.8 Å². The number of amides is 1. The first-order valence-corrected chi connectivity index (χ1v) is 7.97. The van der Waals surface area contributed by atoms with Crippen molar-refractivity contribution in [3.05, 3.63) is 41.2 Å². The van der Waals surface area contributed by atoms with Crippen LogP contribution in [-0.4, -0.2) is 41.1 Å². The van der Waals surface area contributed by atoms with Crippen LogP contribution in [0.4, 0.5) is 4.39 Å². The van der Waals surface area contributed by atoms with E-state index in [1.807, 2.05) is 13.8 Å². The smallest absolute Gasteiger partial charge is 0.273 e. The largest absolute Gasteiger partial charge is 0.377 e. The summed E-state index contributed by atoms with van der Waals surface area (Å²) < 4.78 is 19.2. The fraction of sp³-hybridized carbons (Fsp3) is 0.375. The first-order valence-electron chi connectivity index (χ1n) is 7.09. The molecule has 0 aliphatic carbocycles. The number of rotatable bonds is 2. The minimum absolute atomic E-state index is 0.132. The van der Waals surface area contributed by atoms with E-state index in [2.05, 4.69) is 4.98 Å². The van der Waals surface area contributed by atoms with Crippen LogP contribution in [-0.2, 0) is 4.74 Å². The summed E-state index contributed by atoms with van der Waals surface area (Å²) in [5, 5.41) is 2.21. The zero-order chi connectivity index (χ0) is 15.7. The summed E-state index contributed by atoms with van der Waals surface area (Å²) >= 11 is 1.28. The molecule has 1 aromatic heterocycles. The zero-order valence-electron chi connectivity index (χ0n) is 12.5. The van der Waals surface area contributed by atoms with Gasteiger partial charge in [-0.2, -0.15) is 0 Å². The van der Waals surface area contributed by atoms with E-state index in [1.54, 1.807) is 28.5 Å². The topological polar surface area (TPSA) is 42.4 Å². The highest BCUT2D eigenvalue weighted by Crippen LogP contribution is 2.28. The third kappa shape index (κ3) is 2.76. The molecule has 22 heavy (non-hydrogen) atoms. The van der Waals surface area contributed by atoms with Gasteiger partial charge >= 0.3 is 0 Å². The van der Waals surface area contributed by atoms with Crippen molar-refractivity contribution in [1.29, 1.82) is 0 Å². The van der Waals surface area contributed by atoms with Crippen LogP contribution in [0.3, 0.4) is 0 Å². The van der Waals surface area contributed by atoms with Crippen LogP contribution in [0.5, 0.6) is 0 Å². The third-order valence-electron chi connectivity index (χ3n) is 3.72. The summed E-state index contributed by atoms with van der Waals surface area (Å²) in [5.74, 6) is -0.463. The molecular weight excluding hydrogens is 303 g/mol. The Bertz CT molecular complexity index is 699. The molecule has 3 rings (SSSR count). The summed E-state index contributed by atoms with van der Waals surface area (Å²) in [7, 11) is 0. The molecule has 1 aliphatic rings. The van der Waals surface area contributed by atoms with Gasteiger partial charge in [0.15, 0.2) is 0 Å². The number of hydrogen-bond acceptors (Lipinski definition) is 4. The SMILES string of the molecule is CC1(C)COCCN1C(=O)c1csc(-c2ccccc2F)n1. The first-order chi connectivity index (χ1) is 10.5. The highest BCUT2D eigenvalue weighted by atomic mass is 32.1. The summed E-state index contributed by atoms with van der Waals surface area (Å²) in [6.07, 6.45) is 0. The van der Waals surface area contributed by atoms with Crippen LogP contribution in [0.1, 0.15) is 24.3 Å². The number of ether oxygens (including phenoxy) is 1. The summed E-state index contributed by atoms with van der Waals surface area (Å²) in [6, 6.07) is 6.45. The van der Waals surface area contributed by atoms with Crippen molar-refractivity contribution in [2.45, 2.75) is 19.4 Å². The molecule has 0 saturated carbocycles. The first kappa shape index (κ1) is 15.1. The Labute approximate surface area is 132 Å². The molecule has 0 atom stereocenters. The highest BCUT2D eigenvalue weighted by Gasteiger charge is 2.35. The average molecular weight is 320 g/mol. The summed E-state index contributed by atoms with van der Waals surface area (Å²) in [6.45, 7) is 5.50. The zero-order valence-corrected chi connectivity index (χ0v) is 13.3. The van der Waals surface area contributed by atoms with Crippen LogP contribution in [0, 0.1) is 5.82 Å². The number of benzene rings is 1. The molecule has 0 bridgehead atoms. The lowest BCUT2D eigenvalue weighted by Gasteiger charge is -2.41. The molecular formula is C16H17FN2O2S. The molecule has 6 heteroatoms. The van der Waals surface area contributed by atoms with Crippen molar-refractivity contribution in [2.24, 2.45) is 0 Å². The monoisotopic (exact) mass is 320 g/mol. The second-order valence-corrected chi connectivity index (χ2v) is 6.70. The van der Waals surface area contributed by atoms with Crippen LogP contribution in [0.25, 0.3) is 10.6 Å². The number of hydrogen-bond donors (Lipinski definition) is 0. The number of nitrogens with zero attached hydrogens (tertiary/aromatic N) is 2. The van der Waals surface area contributed by atoms with Crippen molar-refractivity contribution in [3.63, 3.8) is 0 Å². The number of aromatic nitrogens is 1. The second kappa shape index (κ2) is 5.78. The van der Waals surface area contributed by atoms with Gasteiger partial charge in [-0.1, -0.05) is 12.1 Å². The Morgan fingerprint density at radius 2 is 2.18 bits per heavy atom. The number of halogens is 1. The van der Waals surface area contributed by atoms with Gasteiger partial charge in [-0.05, 0) is 26.0 Å². The Hall–Kier alpha value is -1.79. The Kier molecular flexibility index (Phi) is 3.97. The fourth-order valence-electron chi connectivity index (χ4n) is 2.50. The molecule has 116 valence electrons. The summed E-state index contributed by atoms with van der Waals surface area (Å²) in [5.41, 5.74) is 0.419. The van der Waals surface area contributed by atoms with Crippen LogP contribution >= 0.6 is 11.3 Å². The van der Waals surface area contributed by atoms with Gasteiger partial charge in [0.05, 0.1) is 18.8 Å². The van der Waals surface area contributed by atoms with E-state index in [1.165, 1.54) is 17.4 Å².